The molecule has 0 saturated carbocycles. The van der Waals surface area contributed by atoms with Gasteiger partial charge in [0, 0.05) is 5.56 Å². The first-order valence-electron chi connectivity index (χ1n) is 8.82. The molecule has 0 fully saturated rings. The highest BCUT2D eigenvalue weighted by Crippen LogP contribution is 2.27. The monoisotopic (exact) mass is 357 g/mol. The van der Waals surface area contributed by atoms with Crippen molar-refractivity contribution in [2.45, 2.75) is 19.9 Å². The molecule has 0 spiro atoms. The number of rotatable bonds is 4. The van der Waals surface area contributed by atoms with Gasteiger partial charge in [-0.3, -0.25) is 4.79 Å². The van der Waals surface area contributed by atoms with Crippen LogP contribution < -0.4 is 5.32 Å². The van der Waals surface area contributed by atoms with E-state index in [0.717, 1.165) is 11.1 Å². The van der Waals surface area contributed by atoms with Gasteiger partial charge in [-0.1, -0.05) is 65.8 Å². The molecular weight excluding hydrogens is 338 g/mol. The van der Waals surface area contributed by atoms with Crippen LogP contribution >= 0.6 is 0 Å². The minimum Gasteiger partial charge on any atom is -0.345 e. The summed E-state index contributed by atoms with van der Waals surface area (Å²) in [5, 5.41) is 7.70. The third-order valence-corrected chi connectivity index (χ3v) is 4.58. The van der Waals surface area contributed by atoms with Gasteiger partial charge in [-0.05, 0) is 25.5 Å². The first-order chi connectivity index (χ1) is 13.1. The average Bonchev–Trinajstić information content (AvgIpc) is 3.09. The number of aromatic nitrogens is 2. The molecule has 2 aromatic carbocycles. The molecule has 0 saturated heterocycles. The highest BCUT2D eigenvalue weighted by molar-refractivity contribution is 6.07. The highest BCUT2D eigenvalue weighted by atomic mass is 16.5. The Labute approximate surface area is 157 Å². The van der Waals surface area contributed by atoms with Crippen LogP contribution in [0, 0.1) is 6.92 Å². The quantitative estimate of drug-likeness (QED) is 0.575. The van der Waals surface area contributed by atoms with E-state index in [4.69, 9.17) is 4.52 Å². The number of benzene rings is 2. The molecule has 0 aliphatic carbocycles. The van der Waals surface area contributed by atoms with Gasteiger partial charge in [0.15, 0.2) is 0 Å². The molecule has 0 radical (unpaired) electrons. The number of hydrogen-bond donors (Lipinski definition) is 1. The van der Waals surface area contributed by atoms with Crippen LogP contribution in [-0.2, 0) is 0 Å². The lowest BCUT2D eigenvalue weighted by Crippen LogP contribution is -2.27. The van der Waals surface area contributed by atoms with Gasteiger partial charge in [-0.2, -0.15) is 0 Å². The fraction of sp³-hybridized carbons (Fsp3) is 0.136. The van der Waals surface area contributed by atoms with Gasteiger partial charge >= 0.3 is 0 Å². The van der Waals surface area contributed by atoms with Crippen LogP contribution in [0.25, 0.3) is 22.4 Å². The third-order valence-electron chi connectivity index (χ3n) is 4.58. The Balaban J connectivity index is 1.75. The zero-order valence-electron chi connectivity index (χ0n) is 15.1. The van der Waals surface area contributed by atoms with Crippen molar-refractivity contribution >= 4 is 17.0 Å². The first-order valence-corrected chi connectivity index (χ1v) is 8.82. The molecule has 27 heavy (non-hydrogen) atoms. The van der Waals surface area contributed by atoms with Crippen LogP contribution in [-0.4, -0.2) is 16.0 Å². The molecule has 0 aliphatic rings. The molecule has 134 valence electrons. The van der Waals surface area contributed by atoms with E-state index < -0.39 is 0 Å². The molecular formula is C22H19N3O2. The van der Waals surface area contributed by atoms with Gasteiger partial charge < -0.3 is 9.84 Å². The summed E-state index contributed by atoms with van der Waals surface area (Å²) in [5.41, 5.74) is 4.17. The maximum Gasteiger partial charge on any atom is 0.259 e. The molecule has 0 unspecified atom stereocenters. The summed E-state index contributed by atoms with van der Waals surface area (Å²) in [6, 6.07) is 21.2. The van der Waals surface area contributed by atoms with Crippen LogP contribution in [0.5, 0.6) is 0 Å². The summed E-state index contributed by atoms with van der Waals surface area (Å²) in [6.45, 7) is 3.78. The molecule has 4 aromatic rings. The van der Waals surface area contributed by atoms with Crippen molar-refractivity contribution in [3.05, 3.63) is 83.6 Å². The molecule has 2 aromatic heterocycles. The zero-order chi connectivity index (χ0) is 18.8. The van der Waals surface area contributed by atoms with Crippen molar-refractivity contribution in [2.75, 3.05) is 0 Å². The van der Waals surface area contributed by atoms with E-state index in [1.165, 1.54) is 0 Å². The van der Waals surface area contributed by atoms with Crippen molar-refractivity contribution in [3.63, 3.8) is 0 Å². The standard InChI is InChI=1S/C22H19N3O2/c1-14(16-9-5-3-6-10-16)23-21(26)18-13-19(17-11-7-4-8-12-17)24-22-20(18)15(2)25-27-22/h3-14H,1-2H3,(H,23,26)/t14-/m0/s1. The molecule has 1 N–H and O–H groups in total. The number of carbonyl (C=O) groups is 1. The number of nitrogens with one attached hydrogen (secondary N) is 1. The molecule has 5 nitrogen and oxygen atoms in total. The lowest BCUT2D eigenvalue weighted by Gasteiger charge is -2.15. The minimum atomic E-state index is -0.178. The van der Waals surface area contributed by atoms with Crippen molar-refractivity contribution in [1.82, 2.24) is 15.5 Å². The van der Waals surface area contributed by atoms with Crippen LogP contribution in [0.3, 0.4) is 0 Å². The Morgan fingerprint density at radius 2 is 1.70 bits per heavy atom. The molecule has 0 aliphatic heterocycles. The molecule has 5 heteroatoms. The molecule has 2 heterocycles. The predicted molar refractivity (Wildman–Crippen MR) is 104 cm³/mol. The van der Waals surface area contributed by atoms with Gasteiger partial charge in [-0.25, -0.2) is 4.98 Å². The van der Waals surface area contributed by atoms with Gasteiger partial charge in [0.05, 0.1) is 28.4 Å². The van der Waals surface area contributed by atoms with E-state index >= 15 is 0 Å². The Bertz CT molecular complexity index is 1090. The van der Waals surface area contributed by atoms with Crippen LogP contribution in [0.2, 0.25) is 0 Å². The van der Waals surface area contributed by atoms with E-state index in [2.05, 4.69) is 15.5 Å². The van der Waals surface area contributed by atoms with Gasteiger partial charge in [0.2, 0.25) is 0 Å². The molecule has 1 atom stereocenters. The van der Waals surface area contributed by atoms with E-state index in [-0.39, 0.29) is 11.9 Å². The molecule has 4 rings (SSSR count). The number of aryl methyl sites for hydroxylation is 1. The van der Waals surface area contributed by atoms with Crippen molar-refractivity contribution < 1.29 is 9.32 Å². The number of pyridine rings is 1. The lowest BCUT2D eigenvalue weighted by atomic mass is 10.0. The smallest absolute Gasteiger partial charge is 0.259 e. The SMILES string of the molecule is Cc1noc2nc(-c3ccccc3)cc(C(=O)N[C@@H](C)c3ccccc3)c12. The Morgan fingerprint density at radius 3 is 2.41 bits per heavy atom. The fourth-order valence-corrected chi connectivity index (χ4v) is 3.13. The van der Waals surface area contributed by atoms with Crippen molar-refractivity contribution in [1.29, 1.82) is 0 Å². The largest absolute Gasteiger partial charge is 0.345 e. The Kier molecular flexibility index (Phi) is 4.42. The number of hydrogen-bond acceptors (Lipinski definition) is 4. The Morgan fingerprint density at radius 1 is 1.04 bits per heavy atom. The van der Waals surface area contributed by atoms with Crippen molar-refractivity contribution in [3.8, 4) is 11.3 Å². The van der Waals surface area contributed by atoms with E-state index in [1.807, 2.05) is 74.5 Å². The first kappa shape index (κ1) is 17.0. The maximum absolute atomic E-state index is 13.1. The second-order valence-electron chi connectivity index (χ2n) is 6.48. The summed E-state index contributed by atoms with van der Waals surface area (Å²) in [4.78, 5) is 17.6. The number of nitrogens with zero attached hydrogens (tertiary/aromatic N) is 2. The second kappa shape index (κ2) is 7.03. The van der Waals surface area contributed by atoms with E-state index in [9.17, 15) is 4.79 Å². The molecule has 1 amide bonds. The summed E-state index contributed by atoms with van der Waals surface area (Å²) in [6.07, 6.45) is 0. The van der Waals surface area contributed by atoms with E-state index in [1.54, 1.807) is 6.07 Å². The van der Waals surface area contributed by atoms with E-state index in [0.29, 0.717) is 28.1 Å². The summed E-state index contributed by atoms with van der Waals surface area (Å²) < 4.78 is 5.35. The zero-order valence-corrected chi connectivity index (χ0v) is 15.1. The number of carbonyl (C=O) groups excluding carboxylic acids is 1. The maximum atomic E-state index is 13.1. The second-order valence-corrected chi connectivity index (χ2v) is 6.48. The van der Waals surface area contributed by atoms with Gasteiger partial charge in [0.1, 0.15) is 0 Å². The normalized spacial score (nSPS) is 12.1. The number of fused-ring (bicyclic) bond motifs is 1. The third kappa shape index (κ3) is 3.31. The topological polar surface area (TPSA) is 68.0 Å². The van der Waals surface area contributed by atoms with Crippen molar-refractivity contribution in [2.24, 2.45) is 0 Å². The van der Waals surface area contributed by atoms with Crippen LogP contribution in [0.15, 0.2) is 71.3 Å². The lowest BCUT2D eigenvalue weighted by molar-refractivity contribution is 0.0941. The fourth-order valence-electron chi connectivity index (χ4n) is 3.13. The summed E-state index contributed by atoms with van der Waals surface area (Å²) >= 11 is 0. The minimum absolute atomic E-state index is 0.123. The molecule has 0 bridgehead atoms. The average molecular weight is 357 g/mol. The van der Waals surface area contributed by atoms with Gasteiger partial charge in [-0.15, -0.1) is 0 Å². The van der Waals surface area contributed by atoms with Gasteiger partial charge in [0.25, 0.3) is 11.6 Å². The predicted octanol–water partition coefficient (Wildman–Crippen LogP) is 4.69. The summed E-state index contributed by atoms with van der Waals surface area (Å²) in [7, 11) is 0. The summed E-state index contributed by atoms with van der Waals surface area (Å²) in [5.74, 6) is -0.178. The highest BCUT2D eigenvalue weighted by Gasteiger charge is 2.20. The Hall–Kier alpha value is -3.47. The van der Waals surface area contributed by atoms with Crippen LogP contribution in [0.4, 0.5) is 0 Å². The van der Waals surface area contributed by atoms with Crippen LogP contribution in [0.1, 0.15) is 34.6 Å². The number of amides is 1.